The fourth-order valence-electron chi connectivity index (χ4n) is 2.65. The lowest BCUT2D eigenvalue weighted by Gasteiger charge is -2.04. The molecule has 0 aliphatic carbocycles. The fraction of sp³-hybridized carbons (Fsp3) is 0.100. The summed E-state index contributed by atoms with van der Waals surface area (Å²) in [5, 5.41) is 15.1. The number of amides is 1. The van der Waals surface area contributed by atoms with Gasteiger partial charge in [0.25, 0.3) is 0 Å². The number of halogens is 1. The predicted molar refractivity (Wildman–Crippen MR) is 118 cm³/mol. The van der Waals surface area contributed by atoms with E-state index >= 15 is 0 Å². The number of nitrogens with zero attached hydrogens (tertiary/aromatic N) is 4. The summed E-state index contributed by atoms with van der Waals surface area (Å²) >= 11 is 8.64. The van der Waals surface area contributed by atoms with Gasteiger partial charge in [-0.3, -0.25) is 4.79 Å². The molecule has 2 aromatic heterocycles. The van der Waals surface area contributed by atoms with Gasteiger partial charge < -0.3 is 9.88 Å². The van der Waals surface area contributed by atoms with E-state index in [4.69, 9.17) is 11.6 Å². The zero-order chi connectivity index (χ0) is 20.2. The van der Waals surface area contributed by atoms with Crippen LogP contribution in [-0.2, 0) is 11.8 Å². The van der Waals surface area contributed by atoms with Crippen LogP contribution < -0.4 is 5.32 Å². The Hall–Kier alpha value is -2.68. The molecule has 0 aliphatic rings. The highest BCUT2D eigenvalue weighted by Gasteiger charge is 2.14. The van der Waals surface area contributed by atoms with Gasteiger partial charge >= 0.3 is 0 Å². The molecule has 1 amide bonds. The molecule has 0 atom stereocenters. The number of thioether (sulfide) groups is 1. The van der Waals surface area contributed by atoms with Crippen molar-refractivity contribution in [1.82, 2.24) is 19.7 Å². The maximum absolute atomic E-state index is 12.3. The number of anilines is 1. The third kappa shape index (κ3) is 4.67. The van der Waals surface area contributed by atoms with Gasteiger partial charge in [-0.2, -0.15) is 0 Å². The first-order valence-corrected chi connectivity index (χ1v) is 10.9. The van der Waals surface area contributed by atoms with Crippen LogP contribution in [0.5, 0.6) is 0 Å². The van der Waals surface area contributed by atoms with Crippen LogP contribution in [0, 0.1) is 0 Å². The van der Waals surface area contributed by atoms with Gasteiger partial charge in [-0.1, -0.05) is 65.8 Å². The summed E-state index contributed by atoms with van der Waals surface area (Å²) < 4.78 is 1.88. The molecule has 146 valence electrons. The van der Waals surface area contributed by atoms with Crippen LogP contribution in [0.1, 0.15) is 0 Å². The largest absolute Gasteiger partial charge is 0.305 e. The van der Waals surface area contributed by atoms with E-state index in [0.29, 0.717) is 15.3 Å². The van der Waals surface area contributed by atoms with Crippen molar-refractivity contribution in [3.8, 4) is 22.6 Å². The normalized spacial score (nSPS) is 10.8. The summed E-state index contributed by atoms with van der Waals surface area (Å²) in [6.07, 6.45) is 0. The first-order valence-electron chi connectivity index (χ1n) is 8.69. The Balaban J connectivity index is 1.36. The average molecular weight is 442 g/mol. The SMILES string of the molecule is Cn1c(SCC(=O)Nc2nc(-c3ccc(Cl)cc3)cs2)nnc1-c1ccccc1. The number of carbonyl (C=O) groups excluding carboxylic acids is 1. The van der Waals surface area contributed by atoms with Gasteiger partial charge in [0.15, 0.2) is 16.1 Å². The van der Waals surface area contributed by atoms with Gasteiger partial charge in [0, 0.05) is 28.6 Å². The number of thiazole rings is 1. The van der Waals surface area contributed by atoms with Crippen molar-refractivity contribution in [3.05, 3.63) is 65.0 Å². The van der Waals surface area contributed by atoms with Crippen molar-refractivity contribution in [2.75, 3.05) is 11.1 Å². The summed E-state index contributed by atoms with van der Waals surface area (Å²) in [5.41, 5.74) is 2.74. The molecule has 0 aliphatic heterocycles. The highest BCUT2D eigenvalue weighted by molar-refractivity contribution is 7.99. The van der Waals surface area contributed by atoms with Crippen molar-refractivity contribution in [1.29, 1.82) is 0 Å². The Morgan fingerprint density at radius 2 is 1.86 bits per heavy atom. The van der Waals surface area contributed by atoms with Gasteiger partial charge in [-0.05, 0) is 12.1 Å². The summed E-state index contributed by atoms with van der Waals surface area (Å²) in [5.74, 6) is 0.841. The molecule has 0 saturated heterocycles. The molecule has 0 radical (unpaired) electrons. The highest BCUT2D eigenvalue weighted by atomic mass is 35.5. The van der Waals surface area contributed by atoms with Gasteiger partial charge in [0.1, 0.15) is 0 Å². The van der Waals surface area contributed by atoms with E-state index in [-0.39, 0.29) is 11.7 Å². The van der Waals surface area contributed by atoms with Gasteiger partial charge in [-0.25, -0.2) is 4.98 Å². The van der Waals surface area contributed by atoms with Crippen LogP contribution in [0.15, 0.2) is 65.1 Å². The topological polar surface area (TPSA) is 72.7 Å². The minimum atomic E-state index is -0.142. The molecule has 0 spiro atoms. The second-order valence-corrected chi connectivity index (χ2v) is 8.35. The molecule has 0 unspecified atom stereocenters. The summed E-state index contributed by atoms with van der Waals surface area (Å²) in [6.45, 7) is 0. The van der Waals surface area contributed by atoms with E-state index in [9.17, 15) is 4.79 Å². The Morgan fingerprint density at radius 3 is 2.62 bits per heavy atom. The Labute approximate surface area is 181 Å². The molecule has 9 heteroatoms. The molecular formula is C20H16ClN5OS2. The van der Waals surface area contributed by atoms with Crippen molar-refractivity contribution < 1.29 is 4.79 Å². The molecule has 29 heavy (non-hydrogen) atoms. The van der Waals surface area contributed by atoms with E-state index in [1.54, 1.807) is 0 Å². The van der Waals surface area contributed by atoms with E-state index in [0.717, 1.165) is 22.6 Å². The van der Waals surface area contributed by atoms with Crippen LogP contribution in [0.2, 0.25) is 5.02 Å². The van der Waals surface area contributed by atoms with Gasteiger partial charge in [-0.15, -0.1) is 21.5 Å². The van der Waals surface area contributed by atoms with Crippen molar-refractivity contribution in [2.24, 2.45) is 7.05 Å². The monoisotopic (exact) mass is 441 g/mol. The lowest BCUT2D eigenvalue weighted by atomic mass is 10.2. The zero-order valence-electron chi connectivity index (χ0n) is 15.4. The standard InChI is InChI=1S/C20H16ClN5OS2/c1-26-18(14-5-3-2-4-6-14)24-25-20(26)29-12-17(27)23-19-22-16(11-28-19)13-7-9-15(21)10-8-13/h2-11H,12H2,1H3,(H,22,23,27). The summed E-state index contributed by atoms with van der Waals surface area (Å²) in [4.78, 5) is 16.8. The summed E-state index contributed by atoms with van der Waals surface area (Å²) in [6, 6.07) is 17.3. The predicted octanol–water partition coefficient (Wildman–Crippen LogP) is 4.99. The number of benzene rings is 2. The molecule has 4 aromatic rings. The average Bonchev–Trinajstić information content (AvgIpc) is 3.34. The maximum Gasteiger partial charge on any atom is 0.236 e. The number of carbonyl (C=O) groups is 1. The van der Waals surface area contributed by atoms with Crippen LogP contribution >= 0.6 is 34.7 Å². The quantitative estimate of drug-likeness (QED) is 0.427. The smallest absolute Gasteiger partial charge is 0.236 e. The zero-order valence-corrected chi connectivity index (χ0v) is 17.8. The van der Waals surface area contributed by atoms with Crippen LogP contribution in [0.25, 0.3) is 22.6 Å². The van der Waals surface area contributed by atoms with E-state index in [1.807, 2.05) is 71.6 Å². The van der Waals surface area contributed by atoms with E-state index < -0.39 is 0 Å². The minimum Gasteiger partial charge on any atom is -0.305 e. The Bertz CT molecular complexity index is 1130. The Kier molecular flexibility index (Phi) is 5.94. The lowest BCUT2D eigenvalue weighted by Crippen LogP contribution is -2.14. The fourth-order valence-corrected chi connectivity index (χ4v) is 4.22. The van der Waals surface area contributed by atoms with Crippen molar-refractivity contribution >= 4 is 45.7 Å². The number of hydrogen-bond donors (Lipinski definition) is 1. The molecule has 0 saturated carbocycles. The second-order valence-electron chi connectivity index (χ2n) is 6.11. The molecule has 2 heterocycles. The Morgan fingerprint density at radius 1 is 1.10 bits per heavy atom. The molecule has 0 bridgehead atoms. The minimum absolute atomic E-state index is 0.142. The molecule has 6 nitrogen and oxygen atoms in total. The van der Waals surface area contributed by atoms with Crippen LogP contribution in [-0.4, -0.2) is 31.4 Å². The molecule has 4 rings (SSSR count). The number of aromatic nitrogens is 4. The first kappa shape index (κ1) is 19.6. The van der Waals surface area contributed by atoms with Gasteiger partial charge in [0.05, 0.1) is 11.4 Å². The van der Waals surface area contributed by atoms with Crippen LogP contribution in [0.4, 0.5) is 5.13 Å². The molecular weight excluding hydrogens is 426 g/mol. The molecule has 2 aromatic carbocycles. The van der Waals surface area contributed by atoms with Gasteiger partial charge in [0.2, 0.25) is 5.91 Å². The number of hydrogen-bond acceptors (Lipinski definition) is 6. The number of rotatable bonds is 6. The highest BCUT2D eigenvalue weighted by Crippen LogP contribution is 2.27. The molecule has 0 fully saturated rings. The van der Waals surface area contributed by atoms with Crippen molar-refractivity contribution in [2.45, 2.75) is 5.16 Å². The summed E-state index contributed by atoms with van der Waals surface area (Å²) in [7, 11) is 1.89. The number of nitrogens with one attached hydrogen (secondary N) is 1. The lowest BCUT2D eigenvalue weighted by molar-refractivity contribution is -0.113. The third-order valence-corrected chi connectivity index (χ3v) is 6.12. The third-order valence-electron chi connectivity index (χ3n) is 4.09. The first-order chi connectivity index (χ1) is 14.1. The van der Waals surface area contributed by atoms with Crippen molar-refractivity contribution in [3.63, 3.8) is 0 Å². The maximum atomic E-state index is 12.3. The molecule has 1 N–H and O–H groups in total. The van der Waals surface area contributed by atoms with E-state index in [2.05, 4.69) is 20.5 Å². The van der Waals surface area contributed by atoms with Crippen LogP contribution in [0.3, 0.4) is 0 Å². The van der Waals surface area contributed by atoms with E-state index in [1.165, 1.54) is 23.1 Å². The second kappa shape index (κ2) is 8.77.